The second kappa shape index (κ2) is 13.3. The summed E-state index contributed by atoms with van der Waals surface area (Å²) >= 11 is 9.50. The van der Waals surface area contributed by atoms with Crippen LogP contribution in [0.25, 0.3) is 21.5 Å². The van der Waals surface area contributed by atoms with Gasteiger partial charge in [0.05, 0.1) is 0 Å². The molecule has 10 heteroatoms. The van der Waals surface area contributed by atoms with Crippen molar-refractivity contribution in [3.63, 3.8) is 0 Å². The van der Waals surface area contributed by atoms with Crippen molar-refractivity contribution in [2.75, 3.05) is 0 Å². The molecule has 4 aromatic carbocycles. The molecule has 0 aliphatic heterocycles. The third-order valence-corrected chi connectivity index (χ3v) is 11.5. The normalized spacial score (nSPS) is 11.3. The Morgan fingerprint density at radius 2 is 0.750 bits per heavy atom. The average molecular weight is 723 g/mol. The fourth-order valence-corrected chi connectivity index (χ4v) is 8.48. The van der Waals surface area contributed by atoms with Gasteiger partial charge in [0.2, 0.25) is 0 Å². The van der Waals surface area contributed by atoms with Crippen LogP contribution in [0.4, 0.5) is 0 Å². The van der Waals surface area contributed by atoms with E-state index in [0.29, 0.717) is 0 Å². The van der Waals surface area contributed by atoms with Crippen LogP contribution in [0.15, 0.2) is 117 Å². The van der Waals surface area contributed by atoms with Crippen molar-refractivity contribution in [3.8, 4) is 0 Å². The third-order valence-electron chi connectivity index (χ3n) is 6.04. The van der Waals surface area contributed by atoms with Gasteiger partial charge in [-0.1, -0.05) is 0 Å². The number of hydrogen-bond donors (Lipinski definition) is 0. The van der Waals surface area contributed by atoms with Gasteiger partial charge in [0.1, 0.15) is 0 Å². The van der Waals surface area contributed by atoms with Crippen molar-refractivity contribution in [3.05, 3.63) is 108 Å². The van der Waals surface area contributed by atoms with Gasteiger partial charge in [0, 0.05) is 0 Å². The number of benzene rings is 4. The molecule has 0 saturated carbocycles. The molecule has 0 bridgehead atoms. The first-order valence-corrected chi connectivity index (χ1v) is 18.1. The molecule has 2 radical (unpaired) electrons. The molecule has 0 unspecified atom stereocenters. The fourth-order valence-electron chi connectivity index (χ4n) is 4.00. The first-order valence-electron chi connectivity index (χ1n) is 12.3. The minimum atomic E-state index is 0.842. The van der Waals surface area contributed by atoms with E-state index in [9.17, 15) is 0 Å². The van der Waals surface area contributed by atoms with E-state index in [2.05, 4.69) is 149 Å². The van der Waals surface area contributed by atoms with E-state index in [1.165, 1.54) is 11.1 Å². The van der Waals surface area contributed by atoms with Crippen LogP contribution in [0, 0.1) is 0 Å². The second-order valence-corrected chi connectivity index (χ2v) is 14.8. The number of aromatic nitrogens is 4. The standard InChI is InChI=1S/C30H20N4S4Se2/c39-21-13-9-19(10-14-21)17-35-27-23-5-1-3-7-25(23)29(33-31-27)37-38-30-26-8-4-2-6-24(26)28(32-34-30)36-18-20-11-15-22(40)16-12-20/h1-16H,17-18H2. The van der Waals surface area contributed by atoms with Crippen LogP contribution in [-0.4, -0.2) is 52.4 Å². The summed E-state index contributed by atoms with van der Waals surface area (Å²) in [5.41, 5.74) is 2.52. The van der Waals surface area contributed by atoms with Crippen LogP contribution in [0.2, 0.25) is 0 Å². The number of fused-ring (bicyclic) bond motifs is 2. The summed E-state index contributed by atoms with van der Waals surface area (Å²) < 4.78 is 2.29. The number of nitrogens with zero attached hydrogens (tertiary/aromatic N) is 4. The van der Waals surface area contributed by atoms with Gasteiger partial charge in [-0.15, -0.1) is 0 Å². The molecule has 0 aliphatic carbocycles. The Kier molecular flexibility index (Phi) is 9.37. The van der Waals surface area contributed by atoms with Gasteiger partial charge in [0.15, 0.2) is 0 Å². The number of thioether (sulfide) groups is 2. The second-order valence-electron chi connectivity index (χ2n) is 8.74. The van der Waals surface area contributed by atoms with Gasteiger partial charge in [0.25, 0.3) is 0 Å². The average Bonchev–Trinajstić information content (AvgIpc) is 3.00. The summed E-state index contributed by atoms with van der Waals surface area (Å²) in [5.74, 6) is 1.68. The molecule has 6 aromatic rings. The predicted molar refractivity (Wildman–Crippen MR) is 174 cm³/mol. The van der Waals surface area contributed by atoms with Crippen molar-refractivity contribution in [2.45, 2.75) is 31.6 Å². The van der Waals surface area contributed by atoms with Crippen molar-refractivity contribution in [1.82, 2.24) is 20.4 Å². The van der Waals surface area contributed by atoms with Gasteiger partial charge in [-0.3, -0.25) is 0 Å². The van der Waals surface area contributed by atoms with Crippen LogP contribution in [0.3, 0.4) is 0 Å². The Labute approximate surface area is 265 Å². The van der Waals surface area contributed by atoms with Crippen molar-refractivity contribution in [1.29, 1.82) is 0 Å². The fraction of sp³-hybridized carbons (Fsp3) is 0.0667. The molecule has 2 heterocycles. The summed E-state index contributed by atoms with van der Waals surface area (Å²) in [4.78, 5) is 0. The van der Waals surface area contributed by atoms with Crippen LogP contribution >= 0.6 is 45.1 Å². The third kappa shape index (κ3) is 6.72. The van der Waals surface area contributed by atoms with E-state index in [1.54, 1.807) is 45.1 Å². The van der Waals surface area contributed by atoms with E-state index in [1.807, 2.05) is 0 Å². The Bertz CT molecular complexity index is 1650. The van der Waals surface area contributed by atoms with Crippen molar-refractivity contribution in [2.24, 2.45) is 0 Å². The summed E-state index contributed by atoms with van der Waals surface area (Å²) in [7, 11) is 3.16. The topological polar surface area (TPSA) is 51.6 Å². The van der Waals surface area contributed by atoms with Crippen molar-refractivity contribution < 1.29 is 0 Å². The van der Waals surface area contributed by atoms with Gasteiger partial charge in [-0.05, 0) is 0 Å². The van der Waals surface area contributed by atoms with Gasteiger partial charge in [-0.25, -0.2) is 0 Å². The van der Waals surface area contributed by atoms with Crippen LogP contribution in [0.5, 0.6) is 0 Å². The van der Waals surface area contributed by atoms with E-state index in [4.69, 9.17) is 0 Å². The zero-order chi connectivity index (χ0) is 27.3. The SMILES string of the molecule is [Se]c1ccc(CSc2nnc(SSc3nnc(SCc4ccc([Se])cc4)c4ccccc34)c3ccccc23)cc1. The summed E-state index contributed by atoms with van der Waals surface area (Å²) in [6, 6.07) is 33.7. The van der Waals surface area contributed by atoms with Crippen LogP contribution < -0.4 is 8.92 Å². The van der Waals surface area contributed by atoms with E-state index >= 15 is 0 Å². The van der Waals surface area contributed by atoms with Crippen LogP contribution in [0.1, 0.15) is 11.1 Å². The summed E-state index contributed by atoms with van der Waals surface area (Å²) in [6.07, 6.45) is 0. The number of hydrogen-bond acceptors (Lipinski definition) is 8. The van der Waals surface area contributed by atoms with E-state index < -0.39 is 0 Å². The maximum atomic E-state index is 4.63. The molecule has 0 N–H and O–H groups in total. The quantitative estimate of drug-likeness (QED) is 0.0948. The Hall–Kier alpha value is -2.00. The molecule has 0 aliphatic rings. The monoisotopic (exact) mass is 724 g/mol. The molecule has 0 amide bonds. The molecule has 0 fully saturated rings. The molecule has 6 rings (SSSR count). The minimum absolute atomic E-state index is 0.842. The zero-order valence-electron chi connectivity index (χ0n) is 20.9. The summed E-state index contributed by atoms with van der Waals surface area (Å²) in [6.45, 7) is 0. The molecular formula is C30H20N4S4Se2. The summed E-state index contributed by atoms with van der Waals surface area (Å²) in [5, 5.41) is 26.5. The number of rotatable bonds is 9. The van der Waals surface area contributed by atoms with Crippen molar-refractivity contribution >= 4 is 108 Å². The molecule has 2 aromatic heterocycles. The van der Waals surface area contributed by atoms with Crippen LogP contribution in [-0.2, 0) is 11.5 Å². The molecule has 196 valence electrons. The Morgan fingerprint density at radius 3 is 1.12 bits per heavy atom. The van der Waals surface area contributed by atoms with Gasteiger partial charge >= 0.3 is 268 Å². The Morgan fingerprint density at radius 1 is 0.425 bits per heavy atom. The Balaban J connectivity index is 1.20. The van der Waals surface area contributed by atoms with E-state index in [0.717, 1.165) is 62.1 Å². The first-order chi connectivity index (χ1) is 19.6. The molecule has 4 nitrogen and oxygen atoms in total. The molecule has 0 saturated heterocycles. The van der Waals surface area contributed by atoms with E-state index in [-0.39, 0.29) is 0 Å². The molecule has 40 heavy (non-hydrogen) atoms. The molecule has 0 spiro atoms. The first kappa shape index (κ1) is 28.1. The van der Waals surface area contributed by atoms with Gasteiger partial charge < -0.3 is 0 Å². The van der Waals surface area contributed by atoms with Gasteiger partial charge in [-0.2, -0.15) is 0 Å². The zero-order valence-corrected chi connectivity index (χ0v) is 27.6. The predicted octanol–water partition coefficient (Wildman–Crippen LogP) is 6.54. The molecule has 0 atom stereocenters. The molecular weight excluding hydrogens is 703 g/mol. The maximum absolute atomic E-state index is 4.63.